The number of hydrogen-bond donors (Lipinski definition) is 2. The van der Waals surface area contributed by atoms with Crippen molar-refractivity contribution in [2.75, 3.05) is 0 Å². The van der Waals surface area contributed by atoms with Gasteiger partial charge in [-0.2, -0.15) is 15.4 Å². The third-order valence-electron chi connectivity index (χ3n) is 1.87. The minimum absolute atomic E-state index is 0.472. The van der Waals surface area contributed by atoms with Crippen LogP contribution in [0.15, 0.2) is 6.20 Å². The molecule has 0 saturated heterocycles. The van der Waals surface area contributed by atoms with E-state index in [0.717, 1.165) is 0 Å². The number of alkyl carbamates (subject to hydrolysis) is 1. The van der Waals surface area contributed by atoms with Gasteiger partial charge >= 0.3 is 6.09 Å². The molecule has 1 heterocycles. The van der Waals surface area contributed by atoms with Crippen molar-refractivity contribution in [1.29, 1.82) is 0 Å². The van der Waals surface area contributed by atoms with Gasteiger partial charge in [-0.05, 0) is 34.6 Å². The highest BCUT2D eigenvalue weighted by molar-refractivity contribution is 5.68. The van der Waals surface area contributed by atoms with Crippen LogP contribution >= 0.6 is 0 Å². The van der Waals surface area contributed by atoms with Crippen molar-refractivity contribution in [3.63, 3.8) is 0 Å². The van der Waals surface area contributed by atoms with Crippen LogP contribution in [0.2, 0.25) is 0 Å². The second-order valence-corrected chi connectivity index (χ2v) is 5.11. The van der Waals surface area contributed by atoms with Crippen LogP contribution in [-0.2, 0) is 10.3 Å². The van der Waals surface area contributed by atoms with E-state index in [9.17, 15) is 4.79 Å². The molecular formula is C10H18N4O2. The summed E-state index contributed by atoms with van der Waals surface area (Å²) in [6.45, 7) is 9.10. The number of hydrogen-bond acceptors (Lipinski definition) is 4. The number of H-pyrrole nitrogens is 1. The SMILES string of the molecule is CC(C)(C)OC(=O)NC(C)(C)c1cn[nH]n1. The molecule has 90 valence electrons. The molecule has 0 atom stereocenters. The summed E-state index contributed by atoms with van der Waals surface area (Å²) in [7, 11) is 0. The maximum absolute atomic E-state index is 11.6. The molecule has 6 heteroatoms. The molecule has 0 unspecified atom stereocenters. The Morgan fingerprint density at radius 2 is 2.00 bits per heavy atom. The number of nitrogens with one attached hydrogen (secondary N) is 2. The van der Waals surface area contributed by atoms with Crippen LogP contribution < -0.4 is 5.32 Å². The molecule has 1 aromatic heterocycles. The Bertz CT molecular complexity index is 351. The van der Waals surface area contributed by atoms with Gasteiger partial charge in [0.05, 0.1) is 11.7 Å². The summed E-state index contributed by atoms with van der Waals surface area (Å²) in [5, 5.41) is 12.9. The first-order valence-electron chi connectivity index (χ1n) is 5.08. The monoisotopic (exact) mass is 226 g/mol. The maximum Gasteiger partial charge on any atom is 0.408 e. The average molecular weight is 226 g/mol. The van der Waals surface area contributed by atoms with Gasteiger partial charge in [0.15, 0.2) is 0 Å². The molecule has 0 saturated carbocycles. The number of rotatable bonds is 2. The van der Waals surface area contributed by atoms with E-state index in [0.29, 0.717) is 5.69 Å². The summed E-state index contributed by atoms with van der Waals surface area (Å²) in [6.07, 6.45) is 1.10. The summed E-state index contributed by atoms with van der Waals surface area (Å²) in [4.78, 5) is 11.6. The second kappa shape index (κ2) is 4.11. The van der Waals surface area contributed by atoms with E-state index >= 15 is 0 Å². The quantitative estimate of drug-likeness (QED) is 0.802. The molecular weight excluding hydrogens is 208 g/mol. The Kier molecular flexibility index (Phi) is 3.21. The molecule has 16 heavy (non-hydrogen) atoms. The van der Waals surface area contributed by atoms with Crippen LogP contribution in [0.1, 0.15) is 40.3 Å². The molecule has 1 rings (SSSR count). The van der Waals surface area contributed by atoms with Crippen molar-refractivity contribution in [2.45, 2.75) is 45.8 Å². The molecule has 0 fully saturated rings. The minimum atomic E-state index is -0.616. The van der Waals surface area contributed by atoms with Crippen molar-refractivity contribution in [3.05, 3.63) is 11.9 Å². The molecule has 0 bridgehead atoms. The van der Waals surface area contributed by atoms with Crippen LogP contribution in [0.5, 0.6) is 0 Å². The van der Waals surface area contributed by atoms with Gasteiger partial charge in [0.25, 0.3) is 0 Å². The first kappa shape index (κ1) is 12.5. The van der Waals surface area contributed by atoms with E-state index in [1.807, 2.05) is 34.6 Å². The zero-order chi connectivity index (χ0) is 12.4. The molecule has 0 radical (unpaired) electrons. The zero-order valence-corrected chi connectivity index (χ0v) is 10.3. The predicted octanol–water partition coefficient (Wildman–Crippen LogP) is 1.56. The number of ether oxygens (including phenoxy) is 1. The van der Waals surface area contributed by atoms with Gasteiger partial charge in [-0.25, -0.2) is 4.79 Å². The predicted molar refractivity (Wildman–Crippen MR) is 58.8 cm³/mol. The van der Waals surface area contributed by atoms with Crippen LogP contribution in [0.3, 0.4) is 0 Å². The summed E-state index contributed by atoms with van der Waals surface area (Å²) < 4.78 is 5.16. The molecule has 2 N–H and O–H groups in total. The molecule has 1 amide bonds. The molecule has 1 aromatic rings. The summed E-state index contributed by atoms with van der Waals surface area (Å²) in [5.41, 5.74) is -0.474. The Morgan fingerprint density at radius 1 is 1.38 bits per heavy atom. The third-order valence-corrected chi connectivity index (χ3v) is 1.87. The van der Waals surface area contributed by atoms with E-state index in [-0.39, 0.29) is 0 Å². The lowest BCUT2D eigenvalue weighted by atomic mass is 10.0. The van der Waals surface area contributed by atoms with E-state index < -0.39 is 17.2 Å². The molecule has 6 nitrogen and oxygen atoms in total. The standard InChI is InChI=1S/C10H18N4O2/c1-9(2,3)16-8(15)12-10(4,5)7-6-11-14-13-7/h6H,1-5H3,(H,12,15)(H,11,13,14). The van der Waals surface area contributed by atoms with Gasteiger partial charge in [0.1, 0.15) is 11.3 Å². The van der Waals surface area contributed by atoms with Gasteiger partial charge in [-0.1, -0.05) is 0 Å². The highest BCUT2D eigenvalue weighted by Crippen LogP contribution is 2.17. The normalized spacial score (nSPS) is 12.3. The van der Waals surface area contributed by atoms with Gasteiger partial charge in [0, 0.05) is 0 Å². The number of aromatic nitrogens is 3. The smallest absolute Gasteiger partial charge is 0.408 e. The topological polar surface area (TPSA) is 79.9 Å². The summed E-state index contributed by atoms with van der Waals surface area (Å²) in [5.74, 6) is 0. The highest BCUT2D eigenvalue weighted by atomic mass is 16.6. The highest BCUT2D eigenvalue weighted by Gasteiger charge is 2.28. The van der Waals surface area contributed by atoms with Crippen LogP contribution in [0, 0.1) is 0 Å². The van der Waals surface area contributed by atoms with E-state index in [4.69, 9.17) is 4.74 Å². The number of carbonyl (C=O) groups is 1. The van der Waals surface area contributed by atoms with Crippen molar-refractivity contribution in [3.8, 4) is 0 Å². The van der Waals surface area contributed by atoms with Crippen molar-refractivity contribution < 1.29 is 9.53 Å². The molecule has 0 aliphatic rings. The van der Waals surface area contributed by atoms with Crippen molar-refractivity contribution in [1.82, 2.24) is 20.7 Å². The first-order chi connectivity index (χ1) is 7.21. The number of aromatic amines is 1. The summed E-state index contributed by atoms with van der Waals surface area (Å²) in [6, 6.07) is 0. The first-order valence-corrected chi connectivity index (χ1v) is 5.08. The van der Waals surface area contributed by atoms with Gasteiger partial charge in [-0.3, -0.25) is 0 Å². The van der Waals surface area contributed by atoms with E-state index in [1.165, 1.54) is 0 Å². The van der Waals surface area contributed by atoms with Crippen LogP contribution in [0.4, 0.5) is 4.79 Å². The fourth-order valence-electron chi connectivity index (χ4n) is 1.13. The van der Waals surface area contributed by atoms with Gasteiger partial charge in [0.2, 0.25) is 0 Å². The van der Waals surface area contributed by atoms with Crippen molar-refractivity contribution >= 4 is 6.09 Å². The third kappa shape index (κ3) is 3.52. The average Bonchev–Trinajstić information content (AvgIpc) is 2.49. The summed E-state index contributed by atoms with van der Waals surface area (Å²) >= 11 is 0. The minimum Gasteiger partial charge on any atom is -0.444 e. The largest absolute Gasteiger partial charge is 0.444 e. The van der Waals surface area contributed by atoms with E-state index in [1.54, 1.807) is 6.20 Å². The van der Waals surface area contributed by atoms with Crippen LogP contribution in [0.25, 0.3) is 0 Å². The fourth-order valence-corrected chi connectivity index (χ4v) is 1.13. The second-order valence-electron chi connectivity index (χ2n) is 5.11. The Morgan fingerprint density at radius 3 is 2.44 bits per heavy atom. The Hall–Kier alpha value is -1.59. The zero-order valence-electron chi connectivity index (χ0n) is 10.3. The van der Waals surface area contributed by atoms with Crippen LogP contribution in [-0.4, -0.2) is 27.1 Å². The Balaban J connectivity index is 2.64. The lowest BCUT2D eigenvalue weighted by Crippen LogP contribution is -2.44. The lowest BCUT2D eigenvalue weighted by Gasteiger charge is -2.26. The van der Waals surface area contributed by atoms with Gasteiger partial charge in [-0.15, -0.1) is 0 Å². The molecule has 0 aliphatic heterocycles. The molecule has 0 aliphatic carbocycles. The molecule has 0 spiro atoms. The van der Waals surface area contributed by atoms with Crippen molar-refractivity contribution in [2.24, 2.45) is 0 Å². The number of amides is 1. The Labute approximate surface area is 94.8 Å². The molecule has 0 aromatic carbocycles. The fraction of sp³-hybridized carbons (Fsp3) is 0.700. The number of nitrogens with zero attached hydrogens (tertiary/aromatic N) is 2. The number of carbonyl (C=O) groups excluding carboxylic acids is 1. The maximum atomic E-state index is 11.6. The lowest BCUT2D eigenvalue weighted by molar-refractivity contribution is 0.0468. The van der Waals surface area contributed by atoms with Gasteiger partial charge < -0.3 is 10.1 Å². The van der Waals surface area contributed by atoms with E-state index in [2.05, 4.69) is 20.7 Å².